The Kier molecular flexibility index (Phi) is 4.58. The second-order valence-corrected chi connectivity index (χ2v) is 4.74. The lowest BCUT2D eigenvalue weighted by molar-refractivity contribution is 0.478. The average Bonchev–Trinajstić information content (AvgIpc) is 2.44. The highest BCUT2D eigenvalue weighted by molar-refractivity contribution is 5.40. The summed E-state index contributed by atoms with van der Waals surface area (Å²) < 4.78 is 5.95. The lowest BCUT2D eigenvalue weighted by Gasteiger charge is -2.11. The molecule has 0 spiro atoms. The molecule has 0 aliphatic heterocycles. The molecule has 0 aliphatic carbocycles. The normalized spacial score (nSPS) is 10.5. The Morgan fingerprint density at radius 1 is 1.00 bits per heavy atom. The summed E-state index contributed by atoms with van der Waals surface area (Å²) in [5.41, 5.74) is 9.27. The minimum atomic E-state index is 0.660. The van der Waals surface area contributed by atoms with Gasteiger partial charge in [0, 0.05) is 0 Å². The Balaban J connectivity index is 2.18. The van der Waals surface area contributed by atoms with Gasteiger partial charge in [0.2, 0.25) is 0 Å². The summed E-state index contributed by atoms with van der Waals surface area (Å²) in [7, 11) is 0. The van der Waals surface area contributed by atoms with Gasteiger partial charge in [0.15, 0.2) is 0 Å². The molecular formula is C17H21NO. The van der Waals surface area contributed by atoms with Crippen molar-refractivity contribution in [2.24, 2.45) is 5.73 Å². The number of hydrogen-bond donors (Lipinski definition) is 1. The van der Waals surface area contributed by atoms with Crippen molar-refractivity contribution in [3.05, 3.63) is 59.2 Å². The molecule has 0 aromatic heterocycles. The van der Waals surface area contributed by atoms with Crippen LogP contribution in [-0.4, -0.2) is 6.54 Å². The molecule has 0 radical (unpaired) electrons. The summed E-state index contributed by atoms with van der Waals surface area (Å²) in [5, 5.41) is 0. The lowest BCUT2D eigenvalue weighted by Crippen LogP contribution is -2.02. The maximum Gasteiger partial charge on any atom is 0.130 e. The van der Waals surface area contributed by atoms with E-state index in [-0.39, 0.29) is 0 Å². The number of nitrogens with two attached hydrogens (primary N) is 1. The number of rotatable bonds is 5. The van der Waals surface area contributed by atoms with Crippen LogP contribution < -0.4 is 10.5 Å². The molecule has 0 bridgehead atoms. The SMILES string of the molecule is CCc1ccc(Oc2cc(CCN)ccc2C)cc1. The van der Waals surface area contributed by atoms with Gasteiger partial charge in [0.1, 0.15) is 11.5 Å². The van der Waals surface area contributed by atoms with Gasteiger partial charge in [-0.15, -0.1) is 0 Å². The van der Waals surface area contributed by atoms with Crippen molar-refractivity contribution in [1.82, 2.24) is 0 Å². The zero-order valence-electron chi connectivity index (χ0n) is 11.6. The fraction of sp³-hybridized carbons (Fsp3) is 0.294. The Labute approximate surface area is 115 Å². The van der Waals surface area contributed by atoms with Gasteiger partial charge in [-0.25, -0.2) is 0 Å². The van der Waals surface area contributed by atoms with E-state index in [1.165, 1.54) is 11.1 Å². The van der Waals surface area contributed by atoms with Crippen LogP contribution in [0.3, 0.4) is 0 Å². The molecular weight excluding hydrogens is 234 g/mol. The molecule has 0 atom stereocenters. The second-order valence-electron chi connectivity index (χ2n) is 4.74. The fourth-order valence-electron chi connectivity index (χ4n) is 2.00. The molecule has 2 nitrogen and oxygen atoms in total. The Morgan fingerprint density at radius 2 is 1.68 bits per heavy atom. The first-order valence-corrected chi connectivity index (χ1v) is 6.79. The Morgan fingerprint density at radius 3 is 2.32 bits per heavy atom. The molecule has 2 rings (SSSR count). The molecule has 0 saturated carbocycles. The van der Waals surface area contributed by atoms with Gasteiger partial charge in [-0.3, -0.25) is 0 Å². The highest BCUT2D eigenvalue weighted by atomic mass is 16.5. The third-order valence-electron chi connectivity index (χ3n) is 3.24. The molecule has 2 aromatic carbocycles. The van der Waals surface area contributed by atoms with Gasteiger partial charge in [0.05, 0.1) is 0 Å². The van der Waals surface area contributed by atoms with Crippen molar-refractivity contribution in [3.63, 3.8) is 0 Å². The summed E-state index contributed by atoms with van der Waals surface area (Å²) in [5.74, 6) is 1.79. The van der Waals surface area contributed by atoms with Crippen molar-refractivity contribution >= 4 is 0 Å². The first kappa shape index (κ1) is 13.6. The maximum absolute atomic E-state index is 5.95. The van der Waals surface area contributed by atoms with Crippen LogP contribution in [0.15, 0.2) is 42.5 Å². The molecule has 0 heterocycles. The summed E-state index contributed by atoms with van der Waals surface area (Å²) in [6.07, 6.45) is 1.93. The second kappa shape index (κ2) is 6.39. The van der Waals surface area contributed by atoms with Crippen LogP contribution in [0.1, 0.15) is 23.6 Å². The van der Waals surface area contributed by atoms with E-state index in [4.69, 9.17) is 10.5 Å². The maximum atomic E-state index is 5.95. The molecule has 2 N–H and O–H groups in total. The standard InChI is InChI=1S/C17H21NO/c1-3-14-6-8-16(9-7-14)19-17-12-15(10-11-18)5-4-13(17)2/h4-9,12H,3,10-11,18H2,1-2H3. The predicted molar refractivity (Wildman–Crippen MR) is 79.8 cm³/mol. The van der Waals surface area contributed by atoms with Crippen LogP contribution in [0.25, 0.3) is 0 Å². The fourth-order valence-corrected chi connectivity index (χ4v) is 2.00. The predicted octanol–water partition coefficient (Wildman–Crippen LogP) is 3.85. The van der Waals surface area contributed by atoms with Crippen LogP contribution in [0.2, 0.25) is 0 Å². The molecule has 19 heavy (non-hydrogen) atoms. The quantitative estimate of drug-likeness (QED) is 0.880. The van der Waals surface area contributed by atoms with Gasteiger partial charge in [0.25, 0.3) is 0 Å². The van der Waals surface area contributed by atoms with E-state index in [1.807, 2.05) is 12.1 Å². The molecule has 0 fully saturated rings. The smallest absolute Gasteiger partial charge is 0.130 e. The van der Waals surface area contributed by atoms with Crippen molar-refractivity contribution < 1.29 is 4.74 Å². The van der Waals surface area contributed by atoms with E-state index >= 15 is 0 Å². The molecule has 0 aliphatic rings. The first-order valence-electron chi connectivity index (χ1n) is 6.79. The summed E-state index contributed by atoms with van der Waals surface area (Å²) in [4.78, 5) is 0. The third-order valence-corrected chi connectivity index (χ3v) is 3.24. The van der Waals surface area contributed by atoms with E-state index in [0.29, 0.717) is 6.54 Å². The summed E-state index contributed by atoms with van der Waals surface area (Å²) in [6.45, 7) is 4.87. The molecule has 2 aromatic rings. The topological polar surface area (TPSA) is 35.2 Å². The van der Waals surface area contributed by atoms with E-state index in [9.17, 15) is 0 Å². The number of ether oxygens (including phenoxy) is 1. The third kappa shape index (κ3) is 3.58. The molecule has 0 unspecified atom stereocenters. The highest BCUT2D eigenvalue weighted by Crippen LogP contribution is 2.26. The van der Waals surface area contributed by atoms with Gasteiger partial charge in [-0.1, -0.05) is 31.2 Å². The number of aryl methyl sites for hydroxylation is 2. The van der Waals surface area contributed by atoms with Crippen molar-refractivity contribution in [2.75, 3.05) is 6.54 Å². The summed E-state index contributed by atoms with van der Waals surface area (Å²) >= 11 is 0. The highest BCUT2D eigenvalue weighted by Gasteiger charge is 2.03. The van der Waals surface area contributed by atoms with E-state index in [1.54, 1.807) is 0 Å². The van der Waals surface area contributed by atoms with Crippen LogP contribution in [0.4, 0.5) is 0 Å². The molecule has 0 amide bonds. The van der Waals surface area contributed by atoms with Gasteiger partial charge < -0.3 is 10.5 Å². The van der Waals surface area contributed by atoms with Crippen molar-refractivity contribution in [2.45, 2.75) is 26.7 Å². The Bertz CT molecular complexity index is 531. The van der Waals surface area contributed by atoms with Gasteiger partial charge in [-0.2, -0.15) is 0 Å². The summed E-state index contributed by atoms with van der Waals surface area (Å²) in [6, 6.07) is 14.5. The van der Waals surface area contributed by atoms with Crippen LogP contribution in [-0.2, 0) is 12.8 Å². The van der Waals surface area contributed by atoms with Gasteiger partial charge in [-0.05, 0) is 61.2 Å². The average molecular weight is 255 g/mol. The zero-order chi connectivity index (χ0) is 13.7. The van der Waals surface area contributed by atoms with E-state index in [0.717, 1.165) is 29.9 Å². The number of hydrogen-bond acceptors (Lipinski definition) is 2. The van der Waals surface area contributed by atoms with Crippen LogP contribution in [0.5, 0.6) is 11.5 Å². The van der Waals surface area contributed by atoms with Gasteiger partial charge >= 0.3 is 0 Å². The lowest BCUT2D eigenvalue weighted by atomic mass is 10.1. The monoisotopic (exact) mass is 255 g/mol. The van der Waals surface area contributed by atoms with Crippen molar-refractivity contribution in [3.8, 4) is 11.5 Å². The number of benzene rings is 2. The van der Waals surface area contributed by atoms with Crippen molar-refractivity contribution in [1.29, 1.82) is 0 Å². The zero-order valence-corrected chi connectivity index (χ0v) is 11.6. The molecule has 100 valence electrons. The largest absolute Gasteiger partial charge is 0.457 e. The van der Waals surface area contributed by atoms with E-state index < -0.39 is 0 Å². The first-order chi connectivity index (χ1) is 9.22. The van der Waals surface area contributed by atoms with Crippen LogP contribution >= 0.6 is 0 Å². The van der Waals surface area contributed by atoms with Crippen LogP contribution in [0, 0.1) is 6.92 Å². The minimum Gasteiger partial charge on any atom is -0.457 e. The Hall–Kier alpha value is -1.80. The molecule has 0 saturated heterocycles. The van der Waals surface area contributed by atoms with E-state index in [2.05, 4.69) is 44.2 Å². The minimum absolute atomic E-state index is 0.660. The molecule has 2 heteroatoms.